The topological polar surface area (TPSA) is 82.4 Å². The molecular formula is C13H15N3O2. The molecule has 18 heavy (non-hydrogen) atoms. The molecule has 1 aromatic carbocycles. The number of amides is 1. The van der Waals surface area contributed by atoms with E-state index in [1.165, 1.54) is 0 Å². The Hall–Kier alpha value is -2.01. The molecule has 0 bridgehead atoms. The lowest BCUT2D eigenvalue weighted by molar-refractivity contribution is 0.0760. The van der Waals surface area contributed by atoms with Crippen molar-refractivity contribution in [2.75, 3.05) is 18.8 Å². The Balaban J connectivity index is 1.92. The zero-order valence-electron chi connectivity index (χ0n) is 9.89. The Morgan fingerprint density at radius 1 is 1.44 bits per heavy atom. The smallest absolute Gasteiger partial charge is 0.270 e. The number of fused-ring (bicyclic) bond motifs is 1. The summed E-state index contributed by atoms with van der Waals surface area (Å²) in [5.41, 5.74) is 7.83. The Kier molecular flexibility index (Phi) is 2.48. The standard InChI is InChI=1S/C13H15N3O2/c14-9-1-2-11-8(5-9)6-12(15-11)13(18)16-4-3-10(17)7-16/h1-2,5-6,10,15,17H,3-4,7,14H2/t10-/m0/s1. The SMILES string of the molecule is Nc1ccc2[nH]c(C(=O)N3CC[C@H](O)C3)cc2c1. The van der Waals surface area contributed by atoms with E-state index < -0.39 is 6.10 Å². The first-order valence-corrected chi connectivity index (χ1v) is 5.99. The van der Waals surface area contributed by atoms with Crippen molar-refractivity contribution in [1.29, 1.82) is 0 Å². The minimum atomic E-state index is -0.394. The lowest BCUT2D eigenvalue weighted by Gasteiger charge is -2.13. The van der Waals surface area contributed by atoms with E-state index in [1.807, 2.05) is 12.1 Å². The number of benzene rings is 1. The third kappa shape index (κ3) is 1.82. The van der Waals surface area contributed by atoms with Crippen LogP contribution in [-0.2, 0) is 0 Å². The third-order valence-corrected chi connectivity index (χ3v) is 3.33. The maximum atomic E-state index is 12.2. The van der Waals surface area contributed by atoms with E-state index in [4.69, 9.17) is 5.73 Å². The van der Waals surface area contributed by atoms with Crippen LogP contribution in [0.5, 0.6) is 0 Å². The van der Waals surface area contributed by atoms with Gasteiger partial charge in [0.15, 0.2) is 0 Å². The maximum Gasteiger partial charge on any atom is 0.270 e. The van der Waals surface area contributed by atoms with Crippen molar-refractivity contribution in [2.45, 2.75) is 12.5 Å². The van der Waals surface area contributed by atoms with Crippen LogP contribution in [0.2, 0.25) is 0 Å². The predicted molar refractivity (Wildman–Crippen MR) is 69.2 cm³/mol. The summed E-state index contributed by atoms with van der Waals surface area (Å²) in [6.07, 6.45) is 0.257. The molecule has 0 aliphatic carbocycles. The van der Waals surface area contributed by atoms with E-state index in [0.717, 1.165) is 10.9 Å². The second-order valence-corrected chi connectivity index (χ2v) is 4.72. The number of nitrogens with one attached hydrogen (secondary N) is 1. The molecule has 1 aliphatic heterocycles. The summed E-state index contributed by atoms with van der Waals surface area (Å²) in [5.74, 6) is -0.0682. The first-order valence-electron chi connectivity index (χ1n) is 5.99. The highest BCUT2D eigenvalue weighted by atomic mass is 16.3. The molecule has 2 heterocycles. The average Bonchev–Trinajstić information content (AvgIpc) is 2.93. The van der Waals surface area contributed by atoms with E-state index in [0.29, 0.717) is 30.9 Å². The van der Waals surface area contributed by atoms with E-state index in [2.05, 4.69) is 4.98 Å². The van der Waals surface area contributed by atoms with Crippen LogP contribution < -0.4 is 5.73 Å². The van der Waals surface area contributed by atoms with E-state index in [1.54, 1.807) is 17.0 Å². The molecule has 1 amide bonds. The van der Waals surface area contributed by atoms with Crippen LogP contribution in [0.1, 0.15) is 16.9 Å². The van der Waals surface area contributed by atoms with Gasteiger partial charge in [0.2, 0.25) is 0 Å². The molecule has 1 aromatic heterocycles. The number of carbonyl (C=O) groups is 1. The number of H-pyrrole nitrogens is 1. The zero-order valence-corrected chi connectivity index (χ0v) is 9.89. The number of anilines is 1. The number of nitrogens with two attached hydrogens (primary N) is 1. The van der Waals surface area contributed by atoms with Gasteiger partial charge in [-0.15, -0.1) is 0 Å². The molecule has 1 fully saturated rings. The average molecular weight is 245 g/mol. The van der Waals surface area contributed by atoms with Crippen molar-refractivity contribution < 1.29 is 9.90 Å². The summed E-state index contributed by atoms with van der Waals surface area (Å²) >= 11 is 0. The molecule has 0 radical (unpaired) electrons. The number of aliphatic hydroxyl groups excluding tert-OH is 1. The van der Waals surface area contributed by atoms with E-state index in [-0.39, 0.29) is 5.91 Å². The molecule has 0 spiro atoms. The second-order valence-electron chi connectivity index (χ2n) is 4.72. The molecule has 2 aromatic rings. The fourth-order valence-electron chi connectivity index (χ4n) is 2.36. The first kappa shape index (κ1) is 11.1. The van der Waals surface area contributed by atoms with Gasteiger partial charge in [-0.05, 0) is 30.7 Å². The first-order chi connectivity index (χ1) is 8.63. The molecule has 1 aliphatic rings. The van der Waals surface area contributed by atoms with E-state index in [9.17, 15) is 9.90 Å². The van der Waals surface area contributed by atoms with Crippen LogP contribution in [0.25, 0.3) is 10.9 Å². The Morgan fingerprint density at radius 2 is 2.28 bits per heavy atom. The van der Waals surface area contributed by atoms with Crippen molar-refractivity contribution in [3.63, 3.8) is 0 Å². The highest BCUT2D eigenvalue weighted by Gasteiger charge is 2.26. The van der Waals surface area contributed by atoms with Crippen LogP contribution in [0, 0.1) is 0 Å². The van der Waals surface area contributed by atoms with Gasteiger partial charge >= 0.3 is 0 Å². The minimum Gasteiger partial charge on any atom is -0.399 e. The predicted octanol–water partition coefficient (Wildman–Crippen LogP) is 0.957. The van der Waals surface area contributed by atoms with Gasteiger partial charge in [0, 0.05) is 29.7 Å². The van der Waals surface area contributed by atoms with Crippen molar-refractivity contribution >= 4 is 22.5 Å². The van der Waals surface area contributed by atoms with Gasteiger partial charge in [-0.2, -0.15) is 0 Å². The Morgan fingerprint density at radius 3 is 3.00 bits per heavy atom. The number of nitrogen functional groups attached to an aromatic ring is 1. The van der Waals surface area contributed by atoms with Crippen LogP contribution in [0.4, 0.5) is 5.69 Å². The third-order valence-electron chi connectivity index (χ3n) is 3.33. The number of aromatic amines is 1. The minimum absolute atomic E-state index is 0.0682. The molecule has 94 valence electrons. The summed E-state index contributed by atoms with van der Waals surface area (Å²) in [5, 5.41) is 10.4. The molecular weight excluding hydrogens is 230 g/mol. The highest BCUT2D eigenvalue weighted by molar-refractivity contribution is 5.98. The van der Waals surface area contributed by atoms with Gasteiger partial charge in [0.25, 0.3) is 5.91 Å². The summed E-state index contributed by atoms with van der Waals surface area (Å²) in [7, 11) is 0. The lowest BCUT2D eigenvalue weighted by atomic mass is 10.2. The molecule has 4 N–H and O–H groups in total. The van der Waals surface area contributed by atoms with Gasteiger partial charge in [-0.1, -0.05) is 0 Å². The number of nitrogens with zero attached hydrogens (tertiary/aromatic N) is 1. The second kappa shape index (κ2) is 4.03. The summed E-state index contributed by atoms with van der Waals surface area (Å²) < 4.78 is 0. The van der Waals surface area contributed by atoms with Gasteiger partial charge < -0.3 is 20.7 Å². The molecule has 1 atom stereocenters. The number of β-amino-alcohol motifs (C(OH)–C–C–N with tert-alkyl or cyclic N) is 1. The zero-order chi connectivity index (χ0) is 12.7. The van der Waals surface area contributed by atoms with Crippen molar-refractivity contribution in [1.82, 2.24) is 9.88 Å². The molecule has 3 rings (SSSR count). The van der Waals surface area contributed by atoms with Crippen molar-refractivity contribution in [3.05, 3.63) is 30.0 Å². The molecule has 5 heteroatoms. The van der Waals surface area contributed by atoms with Crippen LogP contribution in [0.3, 0.4) is 0 Å². The number of carbonyl (C=O) groups excluding carboxylic acids is 1. The Labute approximate surface area is 104 Å². The number of aliphatic hydroxyl groups is 1. The van der Waals surface area contributed by atoms with Crippen molar-refractivity contribution in [2.24, 2.45) is 0 Å². The number of likely N-dealkylation sites (tertiary alicyclic amines) is 1. The summed E-state index contributed by atoms with van der Waals surface area (Å²) in [6.45, 7) is 1.02. The maximum absolute atomic E-state index is 12.2. The van der Waals surface area contributed by atoms with Gasteiger partial charge in [0.05, 0.1) is 6.10 Å². The number of aromatic nitrogens is 1. The fourth-order valence-corrected chi connectivity index (χ4v) is 2.36. The number of hydrogen-bond acceptors (Lipinski definition) is 3. The van der Waals surface area contributed by atoms with E-state index >= 15 is 0 Å². The fraction of sp³-hybridized carbons (Fsp3) is 0.308. The van der Waals surface area contributed by atoms with Crippen LogP contribution in [0.15, 0.2) is 24.3 Å². The van der Waals surface area contributed by atoms with Crippen molar-refractivity contribution in [3.8, 4) is 0 Å². The largest absolute Gasteiger partial charge is 0.399 e. The van der Waals surface area contributed by atoms with Gasteiger partial charge in [-0.25, -0.2) is 0 Å². The Bertz CT molecular complexity index is 605. The summed E-state index contributed by atoms with van der Waals surface area (Å²) in [6, 6.07) is 7.30. The van der Waals surface area contributed by atoms with Gasteiger partial charge in [-0.3, -0.25) is 4.79 Å². The van der Waals surface area contributed by atoms with Crippen LogP contribution >= 0.6 is 0 Å². The monoisotopic (exact) mass is 245 g/mol. The van der Waals surface area contributed by atoms with Gasteiger partial charge in [0.1, 0.15) is 5.69 Å². The van der Waals surface area contributed by atoms with Crippen LogP contribution in [-0.4, -0.2) is 40.1 Å². The normalized spacial score (nSPS) is 19.6. The molecule has 5 nitrogen and oxygen atoms in total. The molecule has 1 saturated heterocycles. The lowest BCUT2D eigenvalue weighted by Crippen LogP contribution is -2.29. The summed E-state index contributed by atoms with van der Waals surface area (Å²) in [4.78, 5) is 17.0. The molecule has 0 saturated carbocycles. The number of rotatable bonds is 1. The quantitative estimate of drug-likeness (QED) is 0.654. The number of hydrogen-bond donors (Lipinski definition) is 3. The highest BCUT2D eigenvalue weighted by Crippen LogP contribution is 2.20. The molecule has 0 unspecified atom stereocenters.